The van der Waals surface area contributed by atoms with Crippen LogP contribution in [0.3, 0.4) is 0 Å². The molecule has 1 aliphatic rings. The molecule has 3 nitrogen and oxygen atoms in total. The first-order valence-corrected chi connectivity index (χ1v) is 9.81. The number of halogens is 2. The van der Waals surface area contributed by atoms with Crippen molar-refractivity contribution in [3.05, 3.63) is 107 Å². The average molecular weight is 393 g/mol. The van der Waals surface area contributed by atoms with E-state index in [0.29, 0.717) is 18.7 Å². The monoisotopic (exact) mass is 393 g/mol. The Morgan fingerprint density at radius 2 is 1.24 bits per heavy atom. The zero-order valence-corrected chi connectivity index (χ0v) is 16.0. The number of piperazine rings is 1. The Bertz CT molecular complexity index is 905. The Labute approximate surface area is 169 Å². The molecule has 0 bridgehead atoms. The summed E-state index contributed by atoms with van der Waals surface area (Å²) in [5.41, 5.74) is 2.66. The average Bonchev–Trinajstić information content (AvgIpc) is 2.77. The van der Waals surface area contributed by atoms with Gasteiger partial charge >= 0.3 is 0 Å². The first-order chi connectivity index (χ1) is 14.1. The summed E-state index contributed by atoms with van der Waals surface area (Å²) in [6.07, 6.45) is 0. The smallest absolute Gasteiger partial charge is 0.254 e. The molecule has 1 N–H and O–H groups in total. The van der Waals surface area contributed by atoms with Crippen LogP contribution in [-0.4, -0.2) is 37.0 Å². The summed E-state index contributed by atoms with van der Waals surface area (Å²) in [6, 6.07) is 22.3. The fourth-order valence-corrected chi connectivity index (χ4v) is 4.02. The minimum atomic E-state index is -0.278. The number of hydrogen-bond donors (Lipinski definition) is 1. The fraction of sp³-hybridized carbons (Fsp3) is 0.208. The Kier molecular flexibility index (Phi) is 5.67. The number of quaternary nitrogens is 1. The van der Waals surface area contributed by atoms with Gasteiger partial charge in [-0.2, -0.15) is 0 Å². The highest BCUT2D eigenvalue weighted by atomic mass is 19.1. The van der Waals surface area contributed by atoms with Crippen LogP contribution in [0.25, 0.3) is 0 Å². The number of amides is 1. The molecular formula is C24H23F2N2O+. The van der Waals surface area contributed by atoms with E-state index < -0.39 is 0 Å². The SMILES string of the molecule is O=C(c1ccccc1)N1CC[NH+](C(c2ccc(F)cc2)c2ccc(F)cc2)CC1. The molecule has 5 heteroatoms. The lowest BCUT2D eigenvalue weighted by Crippen LogP contribution is -3.15. The van der Waals surface area contributed by atoms with Gasteiger partial charge in [0, 0.05) is 16.7 Å². The number of hydrogen-bond acceptors (Lipinski definition) is 1. The van der Waals surface area contributed by atoms with Crippen LogP contribution in [0.2, 0.25) is 0 Å². The van der Waals surface area contributed by atoms with Gasteiger partial charge in [-0.05, 0) is 60.7 Å². The fourth-order valence-electron chi connectivity index (χ4n) is 4.02. The maximum absolute atomic E-state index is 13.4. The maximum atomic E-state index is 13.4. The standard InChI is InChI=1S/C24H22F2N2O/c25-21-10-6-18(7-11-21)23(19-8-12-22(26)13-9-19)27-14-16-28(17-15-27)24(29)20-4-2-1-3-5-20/h1-13,23H,14-17H2/p+1. The maximum Gasteiger partial charge on any atom is 0.254 e. The number of nitrogens with zero attached hydrogens (tertiary/aromatic N) is 1. The van der Waals surface area contributed by atoms with Crippen molar-refractivity contribution in [3.8, 4) is 0 Å². The van der Waals surface area contributed by atoms with Gasteiger partial charge in [-0.25, -0.2) is 8.78 Å². The molecule has 0 aliphatic carbocycles. The van der Waals surface area contributed by atoms with Gasteiger partial charge in [0.15, 0.2) is 0 Å². The predicted octanol–water partition coefficient (Wildman–Crippen LogP) is 3.10. The Balaban J connectivity index is 1.54. The van der Waals surface area contributed by atoms with E-state index in [-0.39, 0.29) is 23.6 Å². The van der Waals surface area contributed by atoms with Crippen LogP contribution >= 0.6 is 0 Å². The Morgan fingerprint density at radius 1 is 0.759 bits per heavy atom. The van der Waals surface area contributed by atoms with Crippen LogP contribution in [0.4, 0.5) is 8.78 Å². The van der Waals surface area contributed by atoms with E-state index in [4.69, 9.17) is 0 Å². The van der Waals surface area contributed by atoms with Gasteiger partial charge in [0.2, 0.25) is 0 Å². The number of nitrogens with one attached hydrogen (secondary N) is 1. The number of benzene rings is 3. The summed E-state index contributed by atoms with van der Waals surface area (Å²) in [7, 11) is 0. The second-order valence-electron chi connectivity index (χ2n) is 7.35. The van der Waals surface area contributed by atoms with Crippen LogP contribution in [-0.2, 0) is 0 Å². The van der Waals surface area contributed by atoms with Crippen molar-refractivity contribution in [1.29, 1.82) is 0 Å². The highest BCUT2D eigenvalue weighted by Crippen LogP contribution is 2.21. The summed E-state index contributed by atoms with van der Waals surface area (Å²) >= 11 is 0. The van der Waals surface area contributed by atoms with Crippen molar-refractivity contribution in [3.63, 3.8) is 0 Å². The van der Waals surface area contributed by atoms with Gasteiger partial charge < -0.3 is 9.80 Å². The second kappa shape index (κ2) is 8.53. The van der Waals surface area contributed by atoms with Crippen molar-refractivity contribution in [1.82, 2.24) is 4.90 Å². The number of rotatable bonds is 4. The summed E-state index contributed by atoms with van der Waals surface area (Å²) in [5.74, 6) is -0.510. The summed E-state index contributed by atoms with van der Waals surface area (Å²) < 4.78 is 26.9. The quantitative estimate of drug-likeness (QED) is 0.724. The van der Waals surface area contributed by atoms with Crippen molar-refractivity contribution < 1.29 is 18.5 Å². The lowest BCUT2D eigenvalue weighted by atomic mass is 9.96. The van der Waals surface area contributed by atoms with Crippen LogP contribution in [0.1, 0.15) is 27.5 Å². The van der Waals surface area contributed by atoms with Gasteiger partial charge in [0.25, 0.3) is 5.91 Å². The molecule has 1 heterocycles. The molecule has 0 spiro atoms. The molecule has 0 atom stereocenters. The van der Waals surface area contributed by atoms with E-state index in [1.165, 1.54) is 29.2 Å². The molecule has 0 unspecified atom stereocenters. The largest absolute Gasteiger partial charge is 0.327 e. The second-order valence-corrected chi connectivity index (χ2v) is 7.35. The third-order valence-electron chi connectivity index (χ3n) is 5.53. The van der Waals surface area contributed by atoms with Gasteiger partial charge in [-0.1, -0.05) is 18.2 Å². The van der Waals surface area contributed by atoms with Gasteiger partial charge in [0.1, 0.15) is 17.7 Å². The minimum absolute atomic E-state index is 0.0369. The normalized spacial score (nSPS) is 14.9. The van der Waals surface area contributed by atoms with Crippen LogP contribution in [0.15, 0.2) is 78.9 Å². The highest BCUT2D eigenvalue weighted by Gasteiger charge is 2.31. The van der Waals surface area contributed by atoms with Crippen LogP contribution in [0.5, 0.6) is 0 Å². The third-order valence-corrected chi connectivity index (χ3v) is 5.53. The Hall–Kier alpha value is -3.05. The molecule has 0 aromatic heterocycles. The zero-order chi connectivity index (χ0) is 20.2. The lowest BCUT2D eigenvalue weighted by molar-refractivity contribution is -0.929. The van der Waals surface area contributed by atoms with E-state index >= 15 is 0 Å². The van der Waals surface area contributed by atoms with E-state index in [2.05, 4.69) is 0 Å². The topological polar surface area (TPSA) is 24.8 Å². The van der Waals surface area contributed by atoms with Crippen LogP contribution in [0, 0.1) is 11.6 Å². The molecule has 1 fully saturated rings. The first-order valence-electron chi connectivity index (χ1n) is 9.81. The van der Waals surface area contributed by atoms with Crippen LogP contribution < -0.4 is 4.90 Å². The molecule has 0 radical (unpaired) electrons. The molecule has 3 aromatic rings. The van der Waals surface area contributed by atoms with Gasteiger partial charge in [-0.3, -0.25) is 4.79 Å². The zero-order valence-electron chi connectivity index (χ0n) is 16.0. The number of carbonyl (C=O) groups is 1. The molecule has 0 saturated carbocycles. The van der Waals surface area contributed by atoms with E-state index in [9.17, 15) is 13.6 Å². The lowest BCUT2D eigenvalue weighted by Gasteiger charge is -2.37. The molecule has 1 aliphatic heterocycles. The van der Waals surface area contributed by atoms with Gasteiger partial charge in [0.05, 0.1) is 26.2 Å². The third kappa shape index (κ3) is 4.35. The van der Waals surface area contributed by atoms with E-state index in [1.54, 1.807) is 24.3 Å². The predicted molar refractivity (Wildman–Crippen MR) is 108 cm³/mol. The van der Waals surface area contributed by atoms with Crippen molar-refractivity contribution in [2.75, 3.05) is 26.2 Å². The highest BCUT2D eigenvalue weighted by molar-refractivity contribution is 5.94. The van der Waals surface area contributed by atoms with Crippen molar-refractivity contribution >= 4 is 5.91 Å². The molecular weight excluding hydrogens is 370 g/mol. The van der Waals surface area contributed by atoms with E-state index in [1.807, 2.05) is 35.2 Å². The van der Waals surface area contributed by atoms with E-state index in [0.717, 1.165) is 24.2 Å². The summed E-state index contributed by atoms with van der Waals surface area (Å²) in [4.78, 5) is 15.9. The molecule has 29 heavy (non-hydrogen) atoms. The van der Waals surface area contributed by atoms with Crippen molar-refractivity contribution in [2.24, 2.45) is 0 Å². The first kappa shape index (κ1) is 19.3. The molecule has 1 saturated heterocycles. The molecule has 148 valence electrons. The Morgan fingerprint density at radius 3 is 1.72 bits per heavy atom. The summed E-state index contributed by atoms with van der Waals surface area (Å²) in [5, 5.41) is 0. The molecule has 4 rings (SSSR count). The van der Waals surface area contributed by atoms with Gasteiger partial charge in [-0.15, -0.1) is 0 Å². The van der Waals surface area contributed by atoms with Crippen molar-refractivity contribution in [2.45, 2.75) is 6.04 Å². The molecule has 1 amide bonds. The number of carbonyl (C=O) groups excluding carboxylic acids is 1. The minimum Gasteiger partial charge on any atom is -0.327 e. The molecule has 3 aromatic carbocycles. The summed E-state index contributed by atoms with van der Waals surface area (Å²) in [6.45, 7) is 2.81.